The first-order valence-corrected chi connectivity index (χ1v) is 8.05. The second kappa shape index (κ2) is 8.17. The molecule has 0 aromatic heterocycles. The zero-order valence-corrected chi connectivity index (χ0v) is 13.9. The molecule has 2 N–H and O–H groups in total. The van der Waals surface area contributed by atoms with Gasteiger partial charge in [-0.2, -0.15) is 0 Å². The normalized spacial score (nSPS) is 14.0. The lowest BCUT2D eigenvalue weighted by atomic mass is 10.3. The number of amides is 3. The number of carbonyl (C=O) groups is 3. The highest BCUT2D eigenvalue weighted by molar-refractivity contribution is 6.45. The molecular weight excluding hydrogens is 341 g/mol. The maximum Gasteiger partial charge on any atom is 0.313 e. The molecule has 1 aliphatic heterocycles. The number of carbonyl (C=O) groups excluding carboxylic acids is 3. The van der Waals surface area contributed by atoms with Crippen LogP contribution >= 0.6 is 23.2 Å². The third-order valence-corrected chi connectivity index (χ3v) is 4.29. The van der Waals surface area contributed by atoms with Gasteiger partial charge in [0.25, 0.3) is 0 Å². The molecule has 0 spiro atoms. The van der Waals surface area contributed by atoms with Gasteiger partial charge in [0.2, 0.25) is 5.91 Å². The number of benzene rings is 1. The van der Waals surface area contributed by atoms with Crippen molar-refractivity contribution in [2.45, 2.75) is 19.3 Å². The Bertz CT molecular complexity index is 622. The molecule has 0 radical (unpaired) electrons. The van der Waals surface area contributed by atoms with Crippen LogP contribution in [0.5, 0.6) is 0 Å². The summed E-state index contributed by atoms with van der Waals surface area (Å²) in [4.78, 5) is 36.7. The standard InChI is InChI=1S/C15H17Cl2N3O3/c16-10-4-1-5-11(13(10)17)19-15(23)14(22)18-7-3-9-20-8-2-6-12(20)21/h1,4-5H,2-3,6-9H2,(H,18,22)(H,19,23). The summed E-state index contributed by atoms with van der Waals surface area (Å²) in [7, 11) is 0. The third-order valence-electron chi connectivity index (χ3n) is 3.47. The predicted molar refractivity (Wildman–Crippen MR) is 88.5 cm³/mol. The van der Waals surface area contributed by atoms with Gasteiger partial charge in [-0.3, -0.25) is 14.4 Å². The summed E-state index contributed by atoms with van der Waals surface area (Å²) in [5.74, 6) is -1.43. The number of likely N-dealkylation sites (tertiary alicyclic amines) is 1. The van der Waals surface area contributed by atoms with Gasteiger partial charge >= 0.3 is 11.8 Å². The summed E-state index contributed by atoms with van der Waals surface area (Å²) in [6.45, 7) is 1.67. The molecule has 1 fully saturated rings. The Morgan fingerprint density at radius 2 is 2.00 bits per heavy atom. The summed E-state index contributed by atoms with van der Waals surface area (Å²) < 4.78 is 0. The van der Waals surface area contributed by atoms with Crippen molar-refractivity contribution in [3.05, 3.63) is 28.2 Å². The SMILES string of the molecule is O=C(NCCCN1CCCC1=O)C(=O)Nc1cccc(Cl)c1Cl. The van der Waals surface area contributed by atoms with E-state index < -0.39 is 11.8 Å². The van der Waals surface area contributed by atoms with Crippen molar-refractivity contribution in [1.29, 1.82) is 0 Å². The smallest absolute Gasteiger partial charge is 0.313 e. The van der Waals surface area contributed by atoms with Gasteiger partial charge in [0.15, 0.2) is 0 Å². The highest BCUT2D eigenvalue weighted by atomic mass is 35.5. The summed E-state index contributed by atoms with van der Waals surface area (Å²) in [6, 6.07) is 4.76. The topological polar surface area (TPSA) is 78.5 Å². The van der Waals surface area contributed by atoms with Gasteiger partial charge in [0.1, 0.15) is 0 Å². The molecule has 3 amide bonds. The first-order valence-electron chi connectivity index (χ1n) is 7.30. The molecule has 0 bridgehead atoms. The lowest BCUT2D eigenvalue weighted by Crippen LogP contribution is -2.37. The molecule has 0 atom stereocenters. The molecular formula is C15H17Cl2N3O3. The summed E-state index contributed by atoms with van der Waals surface area (Å²) in [5, 5.41) is 5.39. The van der Waals surface area contributed by atoms with Gasteiger partial charge in [-0.15, -0.1) is 0 Å². The molecule has 2 rings (SSSR count). The number of hydrogen-bond acceptors (Lipinski definition) is 3. The molecule has 8 heteroatoms. The summed E-state index contributed by atoms with van der Waals surface area (Å²) in [5.41, 5.74) is 0.280. The summed E-state index contributed by atoms with van der Waals surface area (Å²) >= 11 is 11.8. The number of anilines is 1. The van der Waals surface area contributed by atoms with Crippen LogP contribution in [0.25, 0.3) is 0 Å². The maximum absolute atomic E-state index is 11.8. The minimum absolute atomic E-state index is 0.143. The Kier molecular flexibility index (Phi) is 6.24. The van der Waals surface area contributed by atoms with Gasteiger partial charge in [0, 0.05) is 26.1 Å². The average molecular weight is 358 g/mol. The van der Waals surface area contributed by atoms with Gasteiger partial charge in [0.05, 0.1) is 15.7 Å². The summed E-state index contributed by atoms with van der Waals surface area (Å²) in [6.07, 6.45) is 2.08. The van der Waals surface area contributed by atoms with Gasteiger partial charge < -0.3 is 15.5 Å². The lowest BCUT2D eigenvalue weighted by molar-refractivity contribution is -0.136. The maximum atomic E-state index is 11.8. The van der Waals surface area contributed by atoms with Crippen molar-refractivity contribution in [3.8, 4) is 0 Å². The second-order valence-electron chi connectivity index (χ2n) is 5.15. The molecule has 1 aromatic carbocycles. The molecule has 0 saturated carbocycles. The Morgan fingerprint density at radius 3 is 2.70 bits per heavy atom. The number of nitrogens with one attached hydrogen (secondary N) is 2. The fraction of sp³-hybridized carbons (Fsp3) is 0.400. The minimum Gasteiger partial charge on any atom is -0.348 e. The van der Waals surface area contributed by atoms with Crippen LogP contribution in [0.2, 0.25) is 10.0 Å². The molecule has 1 heterocycles. The van der Waals surface area contributed by atoms with Crippen LogP contribution in [0.4, 0.5) is 5.69 Å². The first kappa shape index (κ1) is 17.6. The van der Waals surface area contributed by atoms with E-state index in [0.717, 1.165) is 13.0 Å². The van der Waals surface area contributed by atoms with E-state index in [-0.39, 0.29) is 16.6 Å². The van der Waals surface area contributed by atoms with Crippen LogP contribution in [0, 0.1) is 0 Å². The fourth-order valence-electron chi connectivity index (χ4n) is 2.27. The lowest BCUT2D eigenvalue weighted by Gasteiger charge is -2.15. The van der Waals surface area contributed by atoms with Crippen LogP contribution in [0.15, 0.2) is 18.2 Å². The molecule has 1 aliphatic rings. The van der Waals surface area contributed by atoms with Crippen molar-refractivity contribution >= 4 is 46.6 Å². The number of rotatable bonds is 5. The minimum atomic E-state index is -0.814. The van der Waals surface area contributed by atoms with E-state index >= 15 is 0 Å². The van der Waals surface area contributed by atoms with Gasteiger partial charge in [-0.25, -0.2) is 0 Å². The van der Waals surface area contributed by atoms with E-state index in [1.807, 2.05) is 0 Å². The van der Waals surface area contributed by atoms with Crippen LogP contribution < -0.4 is 10.6 Å². The van der Waals surface area contributed by atoms with Crippen molar-refractivity contribution in [2.75, 3.05) is 25.0 Å². The fourth-order valence-corrected chi connectivity index (χ4v) is 2.62. The highest BCUT2D eigenvalue weighted by Gasteiger charge is 2.20. The number of halogens is 2. The Hall–Kier alpha value is -1.79. The van der Waals surface area contributed by atoms with Gasteiger partial charge in [-0.05, 0) is 25.0 Å². The molecule has 0 aliphatic carbocycles. The van der Waals surface area contributed by atoms with Crippen molar-refractivity contribution in [3.63, 3.8) is 0 Å². The largest absolute Gasteiger partial charge is 0.348 e. The van der Waals surface area contributed by atoms with Crippen molar-refractivity contribution < 1.29 is 14.4 Å². The number of hydrogen-bond donors (Lipinski definition) is 2. The van der Waals surface area contributed by atoms with E-state index in [4.69, 9.17) is 23.2 Å². The molecule has 6 nitrogen and oxygen atoms in total. The molecule has 23 heavy (non-hydrogen) atoms. The van der Waals surface area contributed by atoms with E-state index in [0.29, 0.717) is 31.0 Å². The highest BCUT2D eigenvalue weighted by Crippen LogP contribution is 2.29. The monoisotopic (exact) mass is 357 g/mol. The van der Waals surface area contributed by atoms with Crippen LogP contribution in [-0.4, -0.2) is 42.3 Å². The average Bonchev–Trinajstić information content (AvgIpc) is 2.93. The molecule has 1 saturated heterocycles. The third kappa shape index (κ3) is 4.84. The van der Waals surface area contributed by atoms with E-state index in [1.54, 1.807) is 23.1 Å². The van der Waals surface area contributed by atoms with Crippen molar-refractivity contribution in [2.24, 2.45) is 0 Å². The zero-order valence-electron chi connectivity index (χ0n) is 12.4. The molecule has 124 valence electrons. The van der Waals surface area contributed by atoms with Crippen LogP contribution in [0.3, 0.4) is 0 Å². The Balaban J connectivity index is 1.73. The molecule has 1 aromatic rings. The van der Waals surface area contributed by atoms with Crippen LogP contribution in [0.1, 0.15) is 19.3 Å². The van der Waals surface area contributed by atoms with Crippen LogP contribution in [-0.2, 0) is 14.4 Å². The Morgan fingerprint density at radius 1 is 1.22 bits per heavy atom. The second-order valence-corrected chi connectivity index (χ2v) is 5.93. The van der Waals surface area contributed by atoms with E-state index in [9.17, 15) is 14.4 Å². The van der Waals surface area contributed by atoms with E-state index in [2.05, 4.69) is 10.6 Å². The zero-order chi connectivity index (χ0) is 16.8. The number of nitrogens with zero attached hydrogens (tertiary/aromatic N) is 1. The Labute approximate surface area is 144 Å². The molecule has 0 unspecified atom stereocenters. The van der Waals surface area contributed by atoms with E-state index in [1.165, 1.54) is 0 Å². The first-order chi connectivity index (χ1) is 11.0. The predicted octanol–water partition coefficient (Wildman–Crippen LogP) is 2.06. The van der Waals surface area contributed by atoms with Gasteiger partial charge in [-0.1, -0.05) is 29.3 Å². The quantitative estimate of drug-likeness (QED) is 0.625. The van der Waals surface area contributed by atoms with Crippen molar-refractivity contribution in [1.82, 2.24) is 10.2 Å².